The monoisotopic (exact) mass is 304 g/mol. The van der Waals surface area contributed by atoms with Gasteiger partial charge in [0.05, 0.1) is 6.04 Å². The number of ether oxygens (including phenoxy) is 1. The van der Waals surface area contributed by atoms with Gasteiger partial charge in [0.15, 0.2) is 0 Å². The van der Waals surface area contributed by atoms with Gasteiger partial charge in [-0.3, -0.25) is 4.79 Å². The fraction of sp³-hybridized carbons (Fsp3) is 0.611. The van der Waals surface area contributed by atoms with Gasteiger partial charge in [0.25, 0.3) is 0 Å². The second-order valence-electron chi connectivity index (χ2n) is 7.03. The zero-order valence-corrected chi connectivity index (χ0v) is 14.3. The number of hydrogen-bond acceptors (Lipinski definition) is 3. The van der Waals surface area contributed by atoms with E-state index in [-0.39, 0.29) is 23.6 Å². The summed E-state index contributed by atoms with van der Waals surface area (Å²) in [5.41, 5.74) is 8.20. The summed E-state index contributed by atoms with van der Waals surface area (Å²) in [6.45, 7) is 9.95. The van der Waals surface area contributed by atoms with Gasteiger partial charge in [-0.15, -0.1) is 0 Å². The molecule has 1 aromatic carbocycles. The minimum atomic E-state index is -0.291. The maximum absolute atomic E-state index is 11.5. The molecule has 0 spiro atoms. The molecule has 0 radical (unpaired) electrons. The highest BCUT2D eigenvalue weighted by atomic mass is 16.5. The third-order valence-corrected chi connectivity index (χ3v) is 4.51. The first-order chi connectivity index (χ1) is 10.2. The molecule has 1 heterocycles. The second-order valence-corrected chi connectivity index (χ2v) is 7.03. The van der Waals surface area contributed by atoms with E-state index in [4.69, 9.17) is 10.5 Å². The molecule has 122 valence electrons. The van der Waals surface area contributed by atoms with Crippen LogP contribution in [0, 0.1) is 5.92 Å². The Hall–Kier alpha value is -1.55. The predicted molar refractivity (Wildman–Crippen MR) is 88.7 cm³/mol. The number of amides is 1. The smallest absolute Gasteiger partial charge is 0.217 e. The Morgan fingerprint density at radius 2 is 2.18 bits per heavy atom. The molecule has 0 aromatic heterocycles. The minimum absolute atomic E-state index is 0.00298. The average Bonchev–Trinajstić information content (AvgIpc) is 2.43. The molecule has 1 amide bonds. The summed E-state index contributed by atoms with van der Waals surface area (Å²) in [7, 11) is 0. The van der Waals surface area contributed by atoms with Crippen LogP contribution in [-0.2, 0) is 4.79 Å². The van der Waals surface area contributed by atoms with Gasteiger partial charge in [0.2, 0.25) is 5.91 Å². The fourth-order valence-corrected chi connectivity index (χ4v) is 3.04. The first-order valence-electron chi connectivity index (χ1n) is 8.09. The number of hydrogen-bond donors (Lipinski definition) is 2. The molecular weight excluding hydrogens is 276 g/mol. The van der Waals surface area contributed by atoms with Crippen LogP contribution < -0.4 is 15.8 Å². The Labute approximate surface area is 133 Å². The first-order valence-corrected chi connectivity index (χ1v) is 8.09. The maximum Gasteiger partial charge on any atom is 0.217 e. The Kier molecular flexibility index (Phi) is 4.81. The van der Waals surface area contributed by atoms with Crippen LogP contribution in [0.25, 0.3) is 0 Å². The molecule has 0 fully saturated rings. The van der Waals surface area contributed by atoms with Crippen LogP contribution in [0.4, 0.5) is 0 Å². The van der Waals surface area contributed by atoms with E-state index in [1.807, 2.05) is 26.0 Å². The normalized spacial score (nSPS) is 22.2. The summed E-state index contributed by atoms with van der Waals surface area (Å²) in [6, 6.07) is 6.11. The highest BCUT2D eigenvalue weighted by Gasteiger charge is 2.34. The molecule has 1 aliphatic heterocycles. The van der Waals surface area contributed by atoms with Gasteiger partial charge in [-0.2, -0.15) is 0 Å². The van der Waals surface area contributed by atoms with Crippen molar-refractivity contribution in [1.82, 2.24) is 5.32 Å². The number of carbonyl (C=O) groups excluding carboxylic acids is 1. The van der Waals surface area contributed by atoms with E-state index in [2.05, 4.69) is 25.2 Å². The topological polar surface area (TPSA) is 64.3 Å². The molecule has 0 saturated heterocycles. The molecule has 0 saturated carbocycles. The van der Waals surface area contributed by atoms with Crippen LogP contribution in [0.5, 0.6) is 5.75 Å². The first kappa shape index (κ1) is 16.8. The van der Waals surface area contributed by atoms with Crippen molar-refractivity contribution in [3.63, 3.8) is 0 Å². The summed E-state index contributed by atoms with van der Waals surface area (Å²) in [5, 5.41) is 3.04. The van der Waals surface area contributed by atoms with Crippen LogP contribution >= 0.6 is 0 Å². The van der Waals surface area contributed by atoms with Crippen LogP contribution in [0.1, 0.15) is 70.7 Å². The van der Waals surface area contributed by atoms with E-state index < -0.39 is 0 Å². The molecular formula is C18H28N2O2. The van der Waals surface area contributed by atoms with Crippen LogP contribution in [0.3, 0.4) is 0 Å². The number of fused-ring (bicyclic) bond motifs is 1. The Bertz CT molecular complexity index is 554. The van der Waals surface area contributed by atoms with Crippen LogP contribution in [0.2, 0.25) is 0 Å². The van der Waals surface area contributed by atoms with Crippen LogP contribution in [0.15, 0.2) is 18.2 Å². The quantitative estimate of drug-likeness (QED) is 0.895. The molecule has 4 heteroatoms. The Morgan fingerprint density at radius 1 is 1.50 bits per heavy atom. The highest BCUT2D eigenvalue weighted by molar-refractivity contribution is 5.73. The molecule has 1 aliphatic rings. The predicted octanol–water partition coefficient (Wildman–Crippen LogP) is 3.47. The van der Waals surface area contributed by atoms with Gasteiger partial charge in [-0.1, -0.05) is 26.3 Å². The summed E-state index contributed by atoms with van der Waals surface area (Å²) in [4.78, 5) is 11.5. The summed E-state index contributed by atoms with van der Waals surface area (Å²) in [5.74, 6) is 1.23. The van der Waals surface area contributed by atoms with Crippen molar-refractivity contribution in [3.8, 4) is 5.75 Å². The second kappa shape index (κ2) is 6.29. The number of benzene rings is 1. The van der Waals surface area contributed by atoms with Gasteiger partial charge >= 0.3 is 0 Å². The number of carbonyl (C=O) groups is 1. The lowest BCUT2D eigenvalue weighted by Crippen LogP contribution is -2.40. The van der Waals surface area contributed by atoms with Gasteiger partial charge in [0.1, 0.15) is 11.4 Å². The third kappa shape index (κ3) is 3.61. The van der Waals surface area contributed by atoms with E-state index >= 15 is 0 Å². The van der Waals surface area contributed by atoms with Gasteiger partial charge in [-0.05, 0) is 37.5 Å². The van der Waals surface area contributed by atoms with Crippen molar-refractivity contribution in [1.29, 1.82) is 0 Å². The zero-order chi connectivity index (χ0) is 16.5. The van der Waals surface area contributed by atoms with E-state index in [9.17, 15) is 4.79 Å². The number of nitrogens with two attached hydrogens (primary N) is 1. The van der Waals surface area contributed by atoms with E-state index in [1.165, 1.54) is 0 Å². The highest BCUT2D eigenvalue weighted by Crippen LogP contribution is 2.41. The lowest BCUT2D eigenvalue weighted by atomic mass is 9.86. The van der Waals surface area contributed by atoms with Crippen molar-refractivity contribution in [3.05, 3.63) is 29.3 Å². The summed E-state index contributed by atoms with van der Waals surface area (Å²) in [6.07, 6.45) is 1.79. The number of rotatable bonds is 4. The molecule has 4 nitrogen and oxygen atoms in total. The average molecular weight is 304 g/mol. The molecule has 0 aliphatic carbocycles. The molecule has 3 unspecified atom stereocenters. The largest absolute Gasteiger partial charge is 0.487 e. The summed E-state index contributed by atoms with van der Waals surface area (Å²) < 4.78 is 6.06. The Morgan fingerprint density at radius 3 is 2.77 bits per heavy atom. The molecule has 3 N–H and O–H groups in total. The lowest BCUT2D eigenvalue weighted by molar-refractivity contribution is -0.120. The standard InChI is InChI=1S/C18H28N2O2/c1-6-11(2)17(19)13-7-8-16-14(9-13)15(20-12(3)21)10-18(4,5)22-16/h7-9,11,15,17H,6,10,19H2,1-5H3,(H,20,21). The Balaban J connectivity index is 2.38. The summed E-state index contributed by atoms with van der Waals surface area (Å²) >= 11 is 0. The van der Waals surface area contributed by atoms with E-state index in [0.29, 0.717) is 5.92 Å². The van der Waals surface area contributed by atoms with Gasteiger partial charge in [0, 0.05) is 24.9 Å². The maximum atomic E-state index is 11.5. The molecule has 22 heavy (non-hydrogen) atoms. The lowest BCUT2D eigenvalue weighted by Gasteiger charge is -2.38. The zero-order valence-electron chi connectivity index (χ0n) is 14.3. The minimum Gasteiger partial charge on any atom is -0.487 e. The third-order valence-electron chi connectivity index (χ3n) is 4.51. The molecule has 1 aromatic rings. The fourth-order valence-electron chi connectivity index (χ4n) is 3.04. The SMILES string of the molecule is CCC(C)C(N)c1ccc2c(c1)C(NC(C)=O)CC(C)(C)O2. The molecule has 2 rings (SSSR count). The van der Waals surface area contributed by atoms with Crippen molar-refractivity contribution in [2.24, 2.45) is 11.7 Å². The van der Waals surface area contributed by atoms with Crippen molar-refractivity contribution in [2.75, 3.05) is 0 Å². The van der Waals surface area contributed by atoms with Gasteiger partial charge < -0.3 is 15.8 Å². The molecule has 0 bridgehead atoms. The van der Waals surface area contributed by atoms with Crippen molar-refractivity contribution >= 4 is 5.91 Å². The molecule has 3 atom stereocenters. The van der Waals surface area contributed by atoms with Gasteiger partial charge in [-0.25, -0.2) is 0 Å². The van der Waals surface area contributed by atoms with Crippen molar-refractivity contribution < 1.29 is 9.53 Å². The van der Waals surface area contributed by atoms with E-state index in [0.717, 1.165) is 29.7 Å². The van der Waals surface area contributed by atoms with Crippen molar-refractivity contribution in [2.45, 2.75) is 65.1 Å². The van der Waals surface area contributed by atoms with Crippen LogP contribution in [-0.4, -0.2) is 11.5 Å². The van der Waals surface area contributed by atoms with E-state index in [1.54, 1.807) is 6.92 Å². The number of nitrogens with one attached hydrogen (secondary N) is 1.